The monoisotopic (exact) mass is 341 g/mol. The Labute approximate surface area is 142 Å². The quantitative estimate of drug-likeness (QED) is 0.738. The number of methoxy groups -OCH3 is 1. The maximum atomic E-state index is 12.3. The van der Waals surface area contributed by atoms with Crippen LogP contribution in [0.3, 0.4) is 0 Å². The van der Waals surface area contributed by atoms with Gasteiger partial charge in [0.15, 0.2) is 0 Å². The summed E-state index contributed by atoms with van der Waals surface area (Å²) in [6.45, 7) is 9.09. The smallest absolute Gasteiger partial charge is 0.328 e. The molecular weight excluding hydrogens is 314 g/mol. The number of amides is 2. The van der Waals surface area contributed by atoms with Crippen molar-refractivity contribution in [2.24, 2.45) is 0 Å². The fourth-order valence-corrected chi connectivity index (χ4v) is 2.92. The SMILES string of the molecule is CCCN(CCc1csc(C(C)C)n1)C(=O)N[C@@H](C)C(=O)OC. The lowest BCUT2D eigenvalue weighted by Gasteiger charge is -2.24. The molecule has 0 unspecified atom stereocenters. The lowest BCUT2D eigenvalue weighted by Crippen LogP contribution is -2.47. The number of hydrogen-bond donors (Lipinski definition) is 1. The van der Waals surface area contributed by atoms with Crippen molar-refractivity contribution in [2.75, 3.05) is 20.2 Å². The number of carbonyl (C=O) groups is 2. The zero-order valence-electron chi connectivity index (χ0n) is 14.6. The average molecular weight is 341 g/mol. The van der Waals surface area contributed by atoms with Gasteiger partial charge >= 0.3 is 12.0 Å². The number of hydrogen-bond acceptors (Lipinski definition) is 5. The van der Waals surface area contributed by atoms with Crippen LogP contribution in [0, 0.1) is 0 Å². The highest BCUT2D eigenvalue weighted by Gasteiger charge is 2.20. The molecule has 2 amide bonds. The van der Waals surface area contributed by atoms with E-state index < -0.39 is 12.0 Å². The van der Waals surface area contributed by atoms with E-state index in [4.69, 9.17) is 0 Å². The molecule has 0 aromatic carbocycles. The van der Waals surface area contributed by atoms with E-state index in [1.165, 1.54) is 7.11 Å². The van der Waals surface area contributed by atoms with Gasteiger partial charge in [-0.1, -0.05) is 20.8 Å². The number of esters is 1. The van der Waals surface area contributed by atoms with Gasteiger partial charge in [0.05, 0.1) is 17.8 Å². The average Bonchev–Trinajstić information content (AvgIpc) is 2.99. The van der Waals surface area contributed by atoms with E-state index in [0.29, 0.717) is 25.4 Å². The topological polar surface area (TPSA) is 71.5 Å². The van der Waals surface area contributed by atoms with Crippen LogP contribution in [0.2, 0.25) is 0 Å². The molecule has 1 N–H and O–H groups in total. The van der Waals surface area contributed by atoms with E-state index in [-0.39, 0.29) is 6.03 Å². The molecule has 0 saturated carbocycles. The summed E-state index contributed by atoms with van der Waals surface area (Å²) in [6, 6.07) is -0.900. The second-order valence-corrected chi connectivity index (χ2v) is 6.65. The number of ether oxygens (including phenoxy) is 1. The van der Waals surface area contributed by atoms with Crippen LogP contribution in [0.5, 0.6) is 0 Å². The number of nitrogens with zero attached hydrogens (tertiary/aromatic N) is 2. The van der Waals surface area contributed by atoms with E-state index in [2.05, 4.69) is 34.3 Å². The summed E-state index contributed by atoms with van der Waals surface area (Å²) in [7, 11) is 1.31. The molecule has 1 rings (SSSR count). The van der Waals surface area contributed by atoms with Gasteiger partial charge in [0.25, 0.3) is 0 Å². The molecule has 0 spiro atoms. The van der Waals surface area contributed by atoms with Crippen LogP contribution >= 0.6 is 11.3 Å². The van der Waals surface area contributed by atoms with E-state index in [9.17, 15) is 9.59 Å². The molecule has 0 radical (unpaired) electrons. The molecule has 0 saturated heterocycles. The zero-order chi connectivity index (χ0) is 17.4. The molecule has 1 atom stereocenters. The Kier molecular flexibility index (Phi) is 8.02. The number of carbonyl (C=O) groups excluding carboxylic acids is 2. The number of thiazole rings is 1. The molecule has 1 aromatic rings. The first-order valence-electron chi connectivity index (χ1n) is 7.96. The normalized spacial score (nSPS) is 12.1. The molecule has 1 aromatic heterocycles. The van der Waals surface area contributed by atoms with Crippen molar-refractivity contribution in [1.29, 1.82) is 0 Å². The lowest BCUT2D eigenvalue weighted by atomic mass is 10.2. The minimum absolute atomic E-state index is 0.246. The van der Waals surface area contributed by atoms with Gasteiger partial charge in [-0.05, 0) is 13.3 Å². The summed E-state index contributed by atoms with van der Waals surface area (Å²) < 4.78 is 4.63. The fourth-order valence-electron chi connectivity index (χ4n) is 2.05. The minimum Gasteiger partial charge on any atom is -0.467 e. The van der Waals surface area contributed by atoms with Crippen molar-refractivity contribution in [3.05, 3.63) is 16.1 Å². The van der Waals surface area contributed by atoms with Crippen LogP contribution in [-0.2, 0) is 16.0 Å². The van der Waals surface area contributed by atoms with Gasteiger partial charge in [-0.15, -0.1) is 11.3 Å². The largest absolute Gasteiger partial charge is 0.467 e. The van der Waals surface area contributed by atoms with Crippen molar-refractivity contribution in [2.45, 2.75) is 52.5 Å². The summed E-state index contributed by atoms with van der Waals surface area (Å²) in [4.78, 5) is 30.0. The first-order valence-corrected chi connectivity index (χ1v) is 8.84. The number of rotatable bonds is 8. The van der Waals surface area contributed by atoms with Crippen molar-refractivity contribution in [3.8, 4) is 0 Å². The minimum atomic E-state index is -0.654. The number of urea groups is 1. The maximum absolute atomic E-state index is 12.3. The van der Waals surface area contributed by atoms with Gasteiger partial charge in [0.2, 0.25) is 0 Å². The molecule has 0 aliphatic rings. The van der Waals surface area contributed by atoms with E-state index >= 15 is 0 Å². The Morgan fingerprint density at radius 1 is 1.35 bits per heavy atom. The Morgan fingerprint density at radius 2 is 2.04 bits per heavy atom. The van der Waals surface area contributed by atoms with Gasteiger partial charge in [0.1, 0.15) is 6.04 Å². The Hall–Kier alpha value is -1.63. The van der Waals surface area contributed by atoms with Crippen molar-refractivity contribution >= 4 is 23.3 Å². The molecule has 0 fully saturated rings. The second kappa shape index (κ2) is 9.50. The van der Waals surface area contributed by atoms with Crippen LogP contribution < -0.4 is 5.32 Å². The van der Waals surface area contributed by atoms with E-state index in [0.717, 1.165) is 17.1 Å². The third-order valence-corrected chi connectivity index (χ3v) is 4.57. The molecule has 0 aliphatic heterocycles. The molecule has 23 heavy (non-hydrogen) atoms. The molecule has 0 bridgehead atoms. The molecule has 6 nitrogen and oxygen atoms in total. The molecular formula is C16H27N3O3S. The van der Waals surface area contributed by atoms with Gasteiger partial charge in [-0.25, -0.2) is 14.6 Å². The Morgan fingerprint density at radius 3 is 2.57 bits per heavy atom. The molecule has 1 heterocycles. The maximum Gasteiger partial charge on any atom is 0.328 e. The standard InChI is InChI=1S/C16H27N3O3S/c1-6-8-19(16(21)17-12(4)15(20)22-5)9-7-13-10-23-14(18-13)11(2)3/h10-12H,6-9H2,1-5H3,(H,17,21)/t12-/m0/s1. The second-order valence-electron chi connectivity index (χ2n) is 5.76. The zero-order valence-corrected chi connectivity index (χ0v) is 15.4. The van der Waals surface area contributed by atoms with Gasteiger partial charge in [-0.3, -0.25) is 0 Å². The number of aromatic nitrogens is 1. The van der Waals surface area contributed by atoms with Gasteiger partial charge < -0.3 is 15.0 Å². The third-order valence-electron chi connectivity index (χ3n) is 3.38. The predicted molar refractivity (Wildman–Crippen MR) is 91.8 cm³/mol. The first kappa shape index (κ1) is 19.4. The summed E-state index contributed by atoms with van der Waals surface area (Å²) in [6.07, 6.45) is 1.57. The first-order chi connectivity index (χ1) is 10.9. The van der Waals surface area contributed by atoms with Crippen molar-refractivity contribution < 1.29 is 14.3 Å². The van der Waals surface area contributed by atoms with Crippen LogP contribution in [0.25, 0.3) is 0 Å². The Bertz CT molecular complexity index is 516. The summed E-state index contributed by atoms with van der Waals surface area (Å²) in [5.41, 5.74) is 1.01. The van der Waals surface area contributed by atoms with Gasteiger partial charge in [-0.2, -0.15) is 0 Å². The third kappa shape index (κ3) is 6.17. The lowest BCUT2D eigenvalue weighted by molar-refractivity contribution is -0.142. The summed E-state index contributed by atoms with van der Waals surface area (Å²) >= 11 is 1.66. The van der Waals surface area contributed by atoms with Crippen LogP contribution in [-0.4, -0.2) is 48.1 Å². The fraction of sp³-hybridized carbons (Fsp3) is 0.688. The summed E-state index contributed by atoms with van der Waals surface area (Å²) in [5, 5.41) is 5.84. The molecule has 7 heteroatoms. The highest BCUT2D eigenvalue weighted by molar-refractivity contribution is 7.09. The van der Waals surface area contributed by atoms with Crippen molar-refractivity contribution in [1.82, 2.24) is 15.2 Å². The van der Waals surface area contributed by atoms with Crippen LogP contribution in [0.15, 0.2) is 5.38 Å². The van der Waals surface area contributed by atoms with Crippen molar-refractivity contribution in [3.63, 3.8) is 0 Å². The highest BCUT2D eigenvalue weighted by atomic mass is 32.1. The van der Waals surface area contributed by atoms with Crippen LogP contribution in [0.4, 0.5) is 4.79 Å². The van der Waals surface area contributed by atoms with E-state index in [1.54, 1.807) is 23.2 Å². The van der Waals surface area contributed by atoms with E-state index in [1.807, 2.05) is 6.92 Å². The molecule has 130 valence electrons. The summed E-state index contributed by atoms with van der Waals surface area (Å²) in [5.74, 6) is -0.0272. The Balaban J connectivity index is 2.59. The number of nitrogens with one attached hydrogen (secondary N) is 1. The van der Waals surface area contributed by atoms with Crippen LogP contribution in [0.1, 0.15) is 50.7 Å². The predicted octanol–water partition coefficient (Wildman–Crippen LogP) is 2.79. The van der Waals surface area contributed by atoms with Gasteiger partial charge in [0, 0.05) is 30.8 Å². The highest BCUT2D eigenvalue weighted by Crippen LogP contribution is 2.19. The molecule has 0 aliphatic carbocycles.